The van der Waals surface area contributed by atoms with Crippen LogP contribution in [0.3, 0.4) is 0 Å². The predicted molar refractivity (Wildman–Crippen MR) is 48.2 cm³/mol. The fourth-order valence-electron chi connectivity index (χ4n) is 1.46. The molecule has 1 atom stereocenters. The minimum absolute atomic E-state index is 0.285. The van der Waals surface area contributed by atoms with Gasteiger partial charge in [0.2, 0.25) is 0 Å². The molecule has 12 heavy (non-hydrogen) atoms. The number of ether oxygens (including phenoxy) is 1. The highest BCUT2D eigenvalue weighted by Crippen LogP contribution is 2.14. The Kier molecular flexibility index (Phi) is 5.32. The molecule has 3 heteroatoms. The first-order valence-electron chi connectivity index (χ1n) is 4.86. The molecule has 1 aliphatic heterocycles. The zero-order valence-corrected chi connectivity index (χ0v) is 7.59. The van der Waals surface area contributed by atoms with Crippen LogP contribution in [-0.4, -0.2) is 37.5 Å². The van der Waals surface area contributed by atoms with Crippen molar-refractivity contribution in [1.82, 2.24) is 5.32 Å². The lowest BCUT2D eigenvalue weighted by atomic mass is 10.2. The van der Waals surface area contributed by atoms with Gasteiger partial charge < -0.3 is 15.2 Å². The predicted octanol–water partition coefficient (Wildman–Crippen LogP) is 0.527. The van der Waals surface area contributed by atoms with E-state index in [-0.39, 0.29) is 6.61 Å². The smallest absolute Gasteiger partial charge is 0.0588 e. The van der Waals surface area contributed by atoms with Crippen LogP contribution < -0.4 is 5.32 Å². The molecule has 2 N–H and O–H groups in total. The van der Waals surface area contributed by atoms with E-state index in [1.165, 1.54) is 12.8 Å². The maximum Gasteiger partial charge on any atom is 0.0588 e. The molecule has 1 saturated heterocycles. The van der Waals surface area contributed by atoms with E-state index in [1.54, 1.807) is 0 Å². The molecule has 0 amide bonds. The second-order valence-corrected chi connectivity index (χ2v) is 3.25. The summed E-state index contributed by atoms with van der Waals surface area (Å²) in [7, 11) is 0. The van der Waals surface area contributed by atoms with Crippen molar-refractivity contribution in [2.75, 3.05) is 26.3 Å². The molecule has 0 bridgehead atoms. The van der Waals surface area contributed by atoms with Gasteiger partial charge in [0.15, 0.2) is 0 Å². The molecule has 1 unspecified atom stereocenters. The lowest BCUT2D eigenvalue weighted by Gasteiger charge is -2.09. The molecule has 3 nitrogen and oxygen atoms in total. The summed E-state index contributed by atoms with van der Waals surface area (Å²) in [5.41, 5.74) is 0. The summed E-state index contributed by atoms with van der Waals surface area (Å²) < 4.78 is 5.47. The normalized spacial score (nSPS) is 23.2. The van der Waals surface area contributed by atoms with E-state index in [0.717, 1.165) is 32.5 Å². The molecule has 72 valence electrons. The van der Waals surface area contributed by atoms with Gasteiger partial charge in [0, 0.05) is 13.2 Å². The van der Waals surface area contributed by atoms with Crippen molar-refractivity contribution in [3.05, 3.63) is 0 Å². The van der Waals surface area contributed by atoms with Gasteiger partial charge in [-0.1, -0.05) is 0 Å². The van der Waals surface area contributed by atoms with Crippen LogP contribution in [0.5, 0.6) is 0 Å². The summed E-state index contributed by atoms with van der Waals surface area (Å²) in [6.45, 7) is 3.17. The summed E-state index contributed by atoms with van der Waals surface area (Å²) in [4.78, 5) is 0. The van der Waals surface area contributed by atoms with Crippen LogP contribution in [-0.2, 0) is 4.74 Å². The minimum Gasteiger partial charge on any atom is -0.396 e. The SMILES string of the molecule is OCCCNCCC1CCCO1. The zero-order chi connectivity index (χ0) is 8.65. The molecule has 0 saturated carbocycles. The molecule has 0 aliphatic carbocycles. The average Bonchev–Trinajstić information content (AvgIpc) is 2.57. The van der Waals surface area contributed by atoms with Crippen molar-refractivity contribution in [3.63, 3.8) is 0 Å². The van der Waals surface area contributed by atoms with Crippen molar-refractivity contribution in [3.8, 4) is 0 Å². The summed E-state index contributed by atoms with van der Waals surface area (Å²) in [5.74, 6) is 0. The number of aliphatic hydroxyl groups is 1. The topological polar surface area (TPSA) is 41.5 Å². The molecular weight excluding hydrogens is 154 g/mol. The van der Waals surface area contributed by atoms with Gasteiger partial charge in [0.25, 0.3) is 0 Å². The van der Waals surface area contributed by atoms with E-state index >= 15 is 0 Å². The van der Waals surface area contributed by atoms with Crippen LogP contribution in [0.2, 0.25) is 0 Å². The van der Waals surface area contributed by atoms with E-state index < -0.39 is 0 Å². The van der Waals surface area contributed by atoms with Gasteiger partial charge in [0.05, 0.1) is 6.10 Å². The minimum atomic E-state index is 0.285. The fourth-order valence-corrected chi connectivity index (χ4v) is 1.46. The van der Waals surface area contributed by atoms with E-state index in [2.05, 4.69) is 5.32 Å². The molecule has 0 radical (unpaired) electrons. The molecule has 1 rings (SSSR count). The Bertz CT molecular complexity index is 103. The Morgan fingerprint density at radius 3 is 3.00 bits per heavy atom. The highest BCUT2D eigenvalue weighted by molar-refractivity contribution is 4.65. The second kappa shape index (κ2) is 6.40. The van der Waals surface area contributed by atoms with Crippen molar-refractivity contribution < 1.29 is 9.84 Å². The Labute approximate surface area is 74.1 Å². The molecular formula is C9H19NO2. The Morgan fingerprint density at radius 1 is 1.42 bits per heavy atom. The molecule has 0 aromatic rings. The number of nitrogens with one attached hydrogen (secondary N) is 1. The third-order valence-corrected chi connectivity index (χ3v) is 2.18. The Morgan fingerprint density at radius 2 is 2.33 bits per heavy atom. The first-order chi connectivity index (χ1) is 5.93. The molecule has 0 spiro atoms. The average molecular weight is 173 g/mol. The maximum absolute atomic E-state index is 8.51. The van der Waals surface area contributed by atoms with Gasteiger partial charge in [-0.15, -0.1) is 0 Å². The van der Waals surface area contributed by atoms with E-state index in [0.29, 0.717) is 6.10 Å². The molecule has 1 aliphatic rings. The van der Waals surface area contributed by atoms with Crippen LogP contribution in [0.15, 0.2) is 0 Å². The molecule has 0 aromatic carbocycles. The lowest BCUT2D eigenvalue weighted by Crippen LogP contribution is -2.21. The molecule has 0 aromatic heterocycles. The number of hydrogen-bond donors (Lipinski definition) is 2. The highest BCUT2D eigenvalue weighted by Gasteiger charge is 2.13. The fraction of sp³-hybridized carbons (Fsp3) is 1.00. The van der Waals surface area contributed by atoms with Crippen LogP contribution >= 0.6 is 0 Å². The molecule has 1 fully saturated rings. The van der Waals surface area contributed by atoms with Crippen LogP contribution in [0.4, 0.5) is 0 Å². The second-order valence-electron chi connectivity index (χ2n) is 3.25. The van der Waals surface area contributed by atoms with Crippen LogP contribution in [0.1, 0.15) is 25.7 Å². The van der Waals surface area contributed by atoms with Crippen LogP contribution in [0, 0.1) is 0 Å². The van der Waals surface area contributed by atoms with Gasteiger partial charge in [0.1, 0.15) is 0 Å². The Balaban J connectivity index is 1.81. The number of hydrogen-bond acceptors (Lipinski definition) is 3. The summed E-state index contributed by atoms with van der Waals surface area (Å²) in [6, 6.07) is 0. The van der Waals surface area contributed by atoms with Crippen molar-refractivity contribution in [1.29, 1.82) is 0 Å². The maximum atomic E-state index is 8.51. The number of rotatable bonds is 6. The first kappa shape index (κ1) is 9.96. The Hall–Kier alpha value is -0.120. The monoisotopic (exact) mass is 173 g/mol. The zero-order valence-electron chi connectivity index (χ0n) is 7.59. The largest absolute Gasteiger partial charge is 0.396 e. The van der Waals surface area contributed by atoms with Gasteiger partial charge in [-0.25, -0.2) is 0 Å². The summed E-state index contributed by atoms with van der Waals surface area (Å²) >= 11 is 0. The highest BCUT2D eigenvalue weighted by atomic mass is 16.5. The third kappa shape index (κ3) is 4.04. The van der Waals surface area contributed by atoms with E-state index in [4.69, 9.17) is 9.84 Å². The first-order valence-corrected chi connectivity index (χ1v) is 4.86. The van der Waals surface area contributed by atoms with E-state index in [1.807, 2.05) is 0 Å². The quantitative estimate of drug-likeness (QED) is 0.576. The lowest BCUT2D eigenvalue weighted by molar-refractivity contribution is 0.104. The van der Waals surface area contributed by atoms with Gasteiger partial charge in [-0.05, 0) is 38.8 Å². The summed E-state index contributed by atoms with van der Waals surface area (Å²) in [5, 5.41) is 11.8. The van der Waals surface area contributed by atoms with Crippen LogP contribution in [0.25, 0.3) is 0 Å². The van der Waals surface area contributed by atoms with E-state index in [9.17, 15) is 0 Å². The van der Waals surface area contributed by atoms with Gasteiger partial charge in [-0.2, -0.15) is 0 Å². The third-order valence-electron chi connectivity index (χ3n) is 2.18. The van der Waals surface area contributed by atoms with Crippen molar-refractivity contribution in [2.24, 2.45) is 0 Å². The summed E-state index contributed by atoms with van der Waals surface area (Å²) in [6.07, 6.45) is 4.91. The van der Waals surface area contributed by atoms with Gasteiger partial charge >= 0.3 is 0 Å². The van der Waals surface area contributed by atoms with Crippen molar-refractivity contribution in [2.45, 2.75) is 31.8 Å². The molecule has 1 heterocycles. The number of aliphatic hydroxyl groups excluding tert-OH is 1. The van der Waals surface area contributed by atoms with Gasteiger partial charge in [-0.3, -0.25) is 0 Å². The van der Waals surface area contributed by atoms with Crippen molar-refractivity contribution >= 4 is 0 Å². The standard InChI is InChI=1S/C9H19NO2/c11-7-2-5-10-6-4-9-3-1-8-12-9/h9-11H,1-8H2.